The molecule has 0 aliphatic carbocycles. The van der Waals surface area contributed by atoms with Crippen molar-refractivity contribution in [3.63, 3.8) is 0 Å². The Morgan fingerprint density at radius 3 is 2.75 bits per heavy atom. The predicted molar refractivity (Wildman–Crippen MR) is 78.4 cm³/mol. The normalized spacial score (nSPS) is 10.6. The molecule has 1 heterocycles. The fourth-order valence-electron chi connectivity index (χ4n) is 1.37. The van der Waals surface area contributed by atoms with E-state index in [0.29, 0.717) is 4.99 Å². The first kappa shape index (κ1) is 13.9. The number of thioether (sulfide) groups is 1. The van der Waals surface area contributed by atoms with Gasteiger partial charge in [-0.2, -0.15) is 11.8 Å². The van der Waals surface area contributed by atoms with Crippen molar-refractivity contribution in [3.05, 3.63) is 15.6 Å². The van der Waals surface area contributed by atoms with Gasteiger partial charge < -0.3 is 5.73 Å². The molecule has 2 N–H and O–H groups in total. The standard InChI is InChI=1S/C11H18N2S3/c1-3-5-8-10(11(12)14)16-9(13-8)7-15-6-4-2/h3-7H2,1-2H3,(H2,12,14). The Bertz CT molecular complexity index is 347. The molecule has 0 aliphatic heterocycles. The second-order valence-electron chi connectivity index (χ2n) is 3.55. The fraction of sp³-hybridized carbons (Fsp3) is 0.636. The summed E-state index contributed by atoms with van der Waals surface area (Å²) >= 11 is 8.64. The molecule has 1 aromatic heterocycles. The van der Waals surface area contributed by atoms with E-state index in [2.05, 4.69) is 18.8 Å². The average Bonchev–Trinajstić information content (AvgIpc) is 2.62. The minimum atomic E-state index is 0.493. The molecule has 1 aromatic rings. The Kier molecular flexibility index (Phi) is 6.31. The maximum atomic E-state index is 5.71. The lowest BCUT2D eigenvalue weighted by Gasteiger charge is -1.96. The number of hydrogen-bond donors (Lipinski definition) is 1. The van der Waals surface area contributed by atoms with Gasteiger partial charge in [0.25, 0.3) is 0 Å². The highest BCUT2D eigenvalue weighted by Crippen LogP contribution is 2.23. The first-order chi connectivity index (χ1) is 7.69. The van der Waals surface area contributed by atoms with Crippen LogP contribution in [0.3, 0.4) is 0 Å². The molecule has 16 heavy (non-hydrogen) atoms. The molecule has 0 atom stereocenters. The van der Waals surface area contributed by atoms with Gasteiger partial charge in [0.15, 0.2) is 0 Å². The number of aryl methyl sites for hydroxylation is 1. The van der Waals surface area contributed by atoms with E-state index in [-0.39, 0.29) is 0 Å². The van der Waals surface area contributed by atoms with Gasteiger partial charge in [0.2, 0.25) is 0 Å². The van der Waals surface area contributed by atoms with Gasteiger partial charge >= 0.3 is 0 Å². The van der Waals surface area contributed by atoms with E-state index >= 15 is 0 Å². The largest absolute Gasteiger partial charge is 0.389 e. The van der Waals surface area contributed by atoms with Crippen molar-refractivity contribution in [1.82, 2.24) is 4.98 Å². The van der Waals surface area contributed by atoms with Crippen LogP contribution in [0.1, 0.15) is 42.3 Å². The fourth-order valence-corrected chi connectivity index (χ4v) is 3.52. The molecule has 0 saturated carbocycles. The maximum absolute atomic E-state index is 5.71. The maximum Gasteiger partial charge on any atom is 0.116 e. The van der Waals surface area contributed by atoms with E-state index in [1.54, 1.807) is 11.3 Å². The minimum Gasteiger partial charge on any atom is -0.389 e. The van der Waals surface area contributed by atoms with Crippen LogP contribution < -0.4 is 5.73 Å². The first-order valence-corrected chi connectivity index (χ1v) is 7.93. The van der Waals surface area contributed by atoms with E-state index in [1.165, 1.54) is 12.2 Å². The lowest BCUT2D eigenvalue weighted by Crippen LogP contribution is -2.09. The highest BCUT2D eigenvalue weighted by Gasteiger charge is 2.12. The average molecular weight is 274 g/mol. The van der Waals surface area contributed by atoms with Gasteiger partial charge in [0, 0.05) is 5.75 Å². The molecule has 0 aromatic carbocycles. The van der Waals surface area contributed by atoms with E-state index < -0.39 is 0 Å². The van der Waals surface area contributed by atoms with Crippen molar-refractivity contribution in [2.75, 3.05) is 5.75 Å². The van der Waals surface area contributed by atoms with Crippen LogP contribution in [0.25, 0.3) is 0 Å². The highest BCUT2D eigenvalue weighted by atomic mass is 32.2. The summed E-state index contributed by atoms with van der Waals surface area (Å²) in [6.45, 7) is 4.34. The lowest BCUT2D eigenvalue weighted by molar-refractivity contribution is 0.885. The molecule has 1 rings (SSSR count). The third kappa shape index (κ3) is 4.03. The van der Waals surface area contributed by atoms with E-state index in [1.807, 2.05) is 11.8 Å². The second-order valence-corrected chi connectivity index (χ2v) is 6.18. The predicted octanol–water partition coefficient (Wildman–Crippen LogP) is 3.37. The smallest absolute Gasteiger partial charge is 0.116 e. The molecule has 2 nitrogen and oxygen atoms in total. The molecule has 0 unspecified atom stereocenters. The number of thiazole rings is 1. The number of nitrogens with zero attached hydrogens (tertiary/aromatic N) is 1. The molecule has 90 valence electrons. The van der Waals surface area contributed by atoms with Crippen LogP contribution in [0, 0.1) is 0 Å². The molecule has 5 heteroatoms. The number of thiocarbonyl (C=S) groups is 1. The van der Waals surface area contributed by atoms with Gasteiger partial charge in [-0.25, -0.2) is 4.98 Å². The molecule has 0 aliphatic rings. The van der Waals surface area contributed by atoms with Crippen molar-refractivity contribution in [3.8, 4) is 0 Å². The number of rotatable bonds is 7. The minimum absolute atomic E-state index is 0.493. The van der Waals surface area contributed by atoms with Gasteiger partial charge in [-0.05, 0) is 18.6 Å². The van der Waals surface area contributed by atoms with Gasteiger partial charge in [-0.15, -0.1) is 11.3 Å². The summed E-state index contributed by atoms with van der Waals surface area (Å²) in [6.07, 6.45) is 3.27. The summed E-state index contributed by atoms with van der Waals surface area (Å²) in [4.78, 5) is 6.13. The molecule has 0 radical (unpaired) electrons. The molecule has 0 spiro atoms. The van der Waals surface area contributed by atoms with Crippen LogP contribution >= 0.6 is 35.3 Å². The zero-order chi connectivity index (χ0) is 12.0. The van der Waals surface area contributed by atoms with Crippen LogP contribution in [0.5, 0.6) is 0 Å². The van der Waals surface area contributed by atoms with E-state index in [9.17, 15) is 0 Å². The van der Waals surface area contributed by atoms with Crippen molar-refractivity contribution < 1.29 is 0 Å². The number of aromatic nitrogens is 1. The Balaban J connectivity index is 2.72. The molecule has 0 fully saturated rings. The van der Waals surface area contributed by atoms with E-state index in [0.717, 1.165) is 34.2 Å². The summed E-state index contributed by atoms with van der Waals surface area (Å²) in [7, 11) is 0. The summed E-state index contributed by atoms with van der Waals surface area (Å²) in [5, 5.41) is 1.16. The number of nitrogens with two attached hydrogens (primary N) is 1. The van der Waals surface area contributed by atoms with Crippen molar-refractivity contribution in [1.29, 1.82) is 0 Å². The second kappa shape index (κ2) is 7.25. The lowest BCUT2D eigenvalue weighted by atomic mass is 10.2. The zero-order valence-electron chi connectivity index (χ0n) is 9.78. The van der Waals surface area contributed by atoms with Gasteiger partial charge in [0.05, 0.1) is 10.6 Å². The molecular formula is C11H18N2S3. The molecule has 0 saturated heterocycles. The van der Waals surface area contributed by atoms with Crippen molar-refractivity contribution in [2.24, 2.45) is 5.73 Å². The molecule has 0 bridgehead atoms. The Morgan fingerprint density at radius 1 is 1.44 bits per heavy atom. The van der Waals surface area contributed by atoms with Gasteiger partial charge in [0.1, 0.15) is 10.00 Å². The topological polar surface area (TPSA) is 38.9 Å². The number of hydrogen-bond acceptors (Lipinski definition) is 4. The first-order valence-electron chi connectivity index (χ1n) is 5.55. The summed E-state index contributed by atoms with van der Waals surface area (Å²) < 4.78 is 0. The van der Waals surface area contributed by atoms with Crippen LogP contribution in [-0.4, -0.2) is 15.7 Å². The highest BCUT2D eigenvalue weighted by molar-refractivity contribution is 7.98. The zero-order valence-corrected chi connectivity index (χ0v) is 12.2. The van der Waals surface area contributed by atoms with Gasteiger partial charge in [-0.3, -0.25) is 0 Å². The Hall–Kier alpha value is -0.130. The molecule has 0 amide bonds. The van der Waals surface area contributed by atoms with Gasteiger partial charge in [-0.1, -0.05) is 32.5 Å². The van der Waals surface area contributed by atoms with Crippen LogP contribution in [0.2, 0.25) is 0 Å². The van der Waals surface area contributed by atoms with Crippen molar-refractivity contribution in [2.45, 2.75) is 38.9 Å². The summed E-state index contributed by atoms with van der Waals surface area (Å²) in [5.74, 6) is 2.17. The monoisotopic (exact) mass is 274 g/mol. The SMILES string of the molecule is CCCSCc1nc(CCC)c(C(N)=S)s1. The quantitative estimate of drug-likeness (QED) is 0.611. The van der Waals surface area contributed by atoms with Crippen LogP contribution in [0.4, 0.5) is 0 Å². The Morgan fingerprint density at radius 2 is 2.19 bits per heavy atom. The van der Waals surface area contributed by atoms with Crippen molar-refractivity contribution >= 4 is 40.3 Å². The summed E-state index contributed by atoms with van der Waals surface area (Å²) in [6, 6.07) is 0. The molecular weight excluding hydrogens is 256 g/mol. The third-order valence-corrected chi connectivity index (χ3v) is 4.85. The summed E-state index contributed by atoms with van der Waals surface area (Å²) in [5.41, 5.74) is 6.80. The van der Waals surface area contributed by atoms with Crippen LogP contribution in [0.15, 0.2) is 0 Å². The third-order valence-electron chi connectivity index (χ3n) is 2.03. The van der Waals surface area contributed by atoms with E-state index in [4.69, 9.17) is 18.0 Å². The Labute approximate surface area is 111 Å². The van der Waals surface area contributed by atoms with Crippen LogP contribution in [-0.2, 0) is 12.2 Å².